The molecule has 6 heteroatoms. The summed E-state index contributed by atoms with van der Waals surface area (Å²) in [6.07, 6.45) is 4.61. The Hall–Kier alpha value is -3.35. The van der Waals surface area contributed by atoms with Gasteiger partial charge in [-0.3, -0.25) is 4.79 Å². The van der Waals surface area contributed by atoms with Gasteiger partial charge in [0.05, 0.1) is 25.9 Å². The van der Waals surface area contributed by atoms with Crippen molar-refractivity contribution in [3.63, 3.8) is 0 Å². The zero-order chi connectivity index (χ0) is 26.2. The fraction of sp³-hybridized carbons (Fsp3) is 0.406. The summed E-state index contributed by atoms with van der Waals surface area (Å²) >= 11 is 0. The standard InChI is InChI=1S/C32H38N2O4/c1-2-14-33-16-19-38-31-13-18-37-30-12-10-26(22-29(30)31)36-17-6-5-15-34-32(35)24-9-11-28-25(21-24)20-23-7-3-4-8-27(23)28/h3-4,7-12,21-22,31,33H,2,5-6,13-20H2,1H3,(H,34,35)/t31-/m0/s1. The lowest BCUT2D eigenvalue weighted by Crippen LogP contribution is -2.24. The molecule has 1 heterocycles. The van der Waals surface area contributed by atoms with E-state index in [0.29, 0.717) is 26.4 Å². The number of carbonyl (C=O) groups excluding carboxylic acids is 1. The molecule has 3 aromatic rings. The number of amides is 1. The summed E-state index contributed by atoms with van der Waals surface area (Å²) in [5.41, 5.74) is 6.86. The van der Waals surface area contributed by atoms with Crippen molar-refractivity contribution in [2.45, 2.75) is 45.1 Å². The first-order valence-electron chi connectivity index (χ1n) is 13.9. The largest absolute Gasteiger partial charge is 0.494 e. The smallest absolute Gasteiger partial charge is 0.251 e. The van der Waals surface area contributed by atoms with E-state index >= 15 is 0 Å². The van der Waals surface area contributed by atoms with Gasteiger partial charge < -0.3 is 24.8 Å². The maximum atomic E-state index is 12.7. The molecule has 0 saturated heterocycles. The van der Waals surface area contributed by atoms with Crippen LogP contribution < -0.4 is 20.1 Å². The molecule has 2 N–H and O–H groups in total. The van der Waals surface area contributed by atoms with E-state index in [2.05, 4.69) is 47.9 Å². The van der Waals surface area contributed by atoms with Crippen molar-refractivity contribution >= 4 is 5.91 Å². The molecular formula is C32H38N2O4. The molecular weight excluding hydrogens is 476 g/mol. The Bertz CT molecular complexity index is 1240. The molecule has 0 unspecified atom stereocenters. The van der Waals surface area contributed by atoms with E-state index in [-0.39, 0.29) is 12.0 Å². The predicted molar refractivity (Wildman–Crippen MR) is 150 cm³/mol. The molecule has 1 amide bonds. The second kappa shape index (κ2) is 12.9. The summed E-state index contributed by atoms with van der Waals surface area (Å²) in [5.74, 6) is 1.69. The number of fused-ring (bicyclic) bond motifs is 4. The topological polar surface area (TPSA) is 68.8 Å². The molecule has 200 valence electrons. The summed E-state index contributed by atoms with van der Waals surface area (Å²) in [6, 6.07) is 20.5. The SMILES string of the molecule is CCCNCCO[C@H]1CCOc2ccc(OCCCCNC(=O)c3ccc4c(c3)Cc3ccccc3-4)cc21. The highest BCUT2D eigenvalue weighted by atomic mass is 16.5. The first-order valence-corrected chi connectivity index (χ1v) is 13.9. The summed E-state index contributed by atoms with van der Waals surface area (Å²) in [4.78, 5) is 12.7. The Balaban J connectivity index is 1.03. The molecule has 0 fully saturated rings. The Labute approximate surface area is 225 Å². The number of nitrogens with one attached hydrogen (secondary N) is 2. The highest BCUT2D eigenvalue weighted by molar-refractivity contribution is 5.95. The predicted octanol–water partition coefficient (Wildman–Crippen LogP) is 5.69. The fourth-order valence-corrected chi connectivity index (χ4v) is 5.19. The van der Waals surface area contributed by atoms with E-state index in [4.69, 9.17) is 14.2 Å². The van der Waals surface area contributed by atoms with Gasteiger partial charge in [0.15, 0.2) is 0 Å². The molecule has 1 aliphatic heterocycles. The second-order valence-corrected chi connectivity index (χ2v) is 9.96. The van der Waals surface area contributed by atoms with E-state index < -0.39 is 0 Å². The normalized spacial score (nSPS) is 15.2. The van der Waals surface area contributed by atoms with Gasteiger partial charge in [-0.1, -0.05) is 37.3 Å². The van der Waals surface area contributed by atoms with Gasteiger partial charge in [-0.25, -0.2) is 0 Å². The van der Waals surface area contributed by atoms with Crippen LogP contribution in [0.25, 0.3) is 11.1 Å². The maximum Gasteiger partial charge on any atom is 0.251 e. The van der Waals surface area contributed by atoms with Crippen LogP contribution in [0.15, 0.2) is 60.7 Å². The molecule has 0 aromatic heterocycles. The van der Waals surface area contributed by atoms with Crippen LogP contribution in [0, 0.1) is 0 Å². The third-order valence-corrected chi connectivity index (χ3v) is 7.17. The number of ether oxygens (including phenoxy) is 3. The lowest BCUT2D eigenvalue weighted by Gasteiger charge is -2.26. The van der Waals surface area contributed by atoms with Crippen molar-refractivity contribution in [2.24, 2.45) is 0 Å². The molecule has 0 bridgehead atoms. The van der Waals surface area contributed by atoms with Crippen molar-refractivity contribution in [3.05, 3.63) is 82.9 Å². The summed E-state index contributed by atoms with van der Waals surface area (Å²) in [7, 11) is 0. The van der Waals surface area contributed by atoms with Gasteiger partial charge in [0.1, 0.15) is 11.5 Å². The number of hydrogen-bond acceptors (Lipinski definition) is 5. The molecule has 2 aliphatic rings. The average molecular weight is 515 g/mol. The maximum absolute atomic E-state index is 12.7. The minimum Gasteiger partial charge on any atom is -0.494 e. The van der Waals surface area contributed by atoms with Crippen LogP contribution in [0.5, 0.6) is 11.5 Å². The van der Waals surface area contributed by atoms with Crippen LogP contribution in [-0.2, 0) is 11.2 Å². The monoisotopic (exact) mass is 514 g/mol. The lowest BCUT2D eigenvalue weighted by atomic mass is 10.0. The number of carbonyl (C=O) groups is 1. The van der Waals surface area contributed by atoms with Crippen molar-refractivity contribution in [2.75, 3.05) is 39.5 Å². The van der Waals surface area contributed by atoms with E-state index in [1.165, 1.54) is 22.3 Å². The van der Waals surface area contributed by atoms with E-state index in [1.807, 2.05) is 30.3 Å². The fourth-order valence-electron chi connectivity index (χ4n) is 5.19. The first-order chi connectivity index (χ1) is 18.7. The molecule has 0 radical (unpaired) electrons. The van der Waals surface area contributed by atoms with Gasteiger partial charge in [-0.15, -0.1) is 0 Å². The van der Waals surface area contributed by atoms with E-state index in [9.17, 15) is 4.79 Å². The molecule has 6 nitrogen and oxygen atoms in total. The highest BCUT2D eigenvalue weighted by Gasteiger charge is 2.23. The third-order valence-electron chi connectivity index (χ3n) is 7.17. The van der Waals surface area contributed by atoms with Crippen LogP contribution in [0.3, 0.4) is 0 Å². The van der Waals surface area contributed by atoms with E-state index in [1.54, 1.807) is 0 Å². The van der Waals surface area contributed by atoms with Crippen molar-refractivity contribution in [1.82, 2.24) is 10.6 Å². The van der Waals surface area contributed by atoms with Crippen molar-refractivity contribution < 1.29 is 19.0 Å². The zero-order valence-corrected chi connectivity index (χ0v) is 22.3. The number of rotatable bonds is 13. The molecule has 0 saturated carbocycles. The van der Waals surface area contributed by atoms with Gasteiger partial charge in [-0.05, 0) is 84.8 Å². The molecule has 5 rings (SSSR count). The Morgan fingerprint density at radius 1 is 0.947 bits per heavy atom. The number of hydrogen-bond donors (Lipinski definition) is 2. The Morgan fingerprint density at radius 3 is 2.76 bits per heavy atom. The minimum absolute atomic E-state index is 0.0182. The highest BCUT2D eigenvalue weighted by Crippen LogP contribution is 2.37. The van der Waals surface area contributed by atoms with Crippen LogP contribution in [0.2, 0.25) is 0 Å². The van der Waals surface area contributed by atoms with E-state index in [0.717, 1.165) is 67.8 Å². The molecule has 38 heavy (non-hydrogen) atoms. The molecule has 3 aromatic carbocycles. The number of unbranched alkanes of at least 4 members (excludes halogenated alkanes) is 1. The minimum atomic E-state index is -0.0182. The molecule has 1 atom stereocenters. The van der Waals surface area contributed by atoms with Gasteiger partial charge >= 0.3 is 0 Å². The molecule has 0 spiro atoms. The molecule has 1 aliphatic carbocycles. The quantitative estimate of drug-likeness (QED) is 0.225. The summed E-state index contributed by atoms with van der Waals surface area (Å²) in [6.45, 7) is 6.60. The zero-order valence-electron chi connectivity index (χ0n) is 22.3. The Kier molecular flexibility index (Phi) is 8.94. The third kappa shape index (κ3) is 6.37. The summed E-state index contributed by atoms with van der Waals surface area (Å²) in [5, 5.41) is 6.43. The Morgan fingerprint density at radius 2 is 1.84 bits per heavy atom. The van der Waals surface area contributed by atoms with Crippen LogP contribution in [0.1, 0.15) is 65.8 Å². The van der Waals surface area contributed by atoms with Crippen LogP contribution >= 0.6 is 0 Å². The van der Waals surface area contributed by atoms with Crippen LogP contribution in [-0.4, -0.2) is 45.4 Å². The van der Waals surface area contributed by atoms with Gasteiger partial charge in [-0.2, -0.15) is 0 Å². The second-order valence-electron chi connectivity index (χ2n) is 9.96. The lowest BCUT2D eigenvalue weighted by molar-refractivity contribution is 0.0256. The van der Waals surface area contributed by atoms with Crippen LogP contribution in [0.4, 0.5) is 0 Å². The van der Waals surface area contributed by atoms with Crippen molar-refractivity contribution in [1.29, 1.82) is 0 Å². The van der Waals surface area contributed by atoms with Gasteiger partial charge in [0.25, 0.3) is 5.91 Å². The van der Waals surface area contributed by atoms with Gasteiger partial charge in [0, 0.05) is 30.6 Å². The van der Waals surface area contributed by atoms with Crippen molar-refractivity contribution in [3.8, 4) is 22.6 Å². The average Bonchev–Trinajstić information content (AvgIpc) is 3.32. The first kappa shape index (κ1) is 26.3. The number of benzene rings is 3. The van der Waals surface area contributed by atoms with Gasteiger partial charge in [0.2, 0.25) is 0 Å². The summed E-state index contributed by atoms with van der Waals surface area (Å²) < 4.78 is 18.0.